The zero-order chi connectivity index (χ0) is 14.5. The van der Waals surface area contributed by atoms with Gasteiger partial charge in [0.05, 0.1) is 17.6 Å². The molecule has 0 atom stereocenters. The molecule has 0 unspecified atom stereocenters. The maximum atomic E-state index is 4.73. The fourth-order valence-corrected chi connectivity index (χ4v) is 2.49. The van der Waals surface area contributed by atoms with Crippen molar-refractivity contribution in [1.82, 2.24) is 30.0 Å². The molecule has 0 bridgehead atoms. The second-order valence-corrected chi connectivity index (χ2v) is 5.03. The average Bonchev–Trinajstić information content (AvgIpc) is 3.13. The van der Waals surface area contributed by atoms with Crippen molar-refractivity contribution in [2.45, 2.75) is 32.9 Å². The van der Waals surface area contributed by atoms with Crippen LogP contribution in [0.2, 0.25) is 0 Å². The van der Waals surface area contributed by atoms with Gasteiger partial charge in [-0.1, -0.05) is 19.1 Å². The molecule has 0 saturated carbocycles. The Labute approximate surface area is 123 Å². The normalized spacial score (nSPS) is 11.3. The molecule has 2 aromatic heterocycles. The minimum atomic E-state index is 0.767. The summed E-state index contributed by atoms with van der Waals surface area (Å²) in [6, 6.07) is 8.31. The molecule has 0 fully saturated rings. The largest absolute Gasteiger partial charge is 0.327 e. The van der Waals surface area contributed by atoms with Crippen molar-refractivity contribution in [1.29, 1.82) is 0 Å². The number of nitrogens with zero attached hydrogens (tertiary/aromatic N) is 4. The van der Waals surface area contributed by atoms with E-state index in [1.165, 1.54) is 11.8 Å². The van der Waals surface area contributed by atoms with Crippen LogP contribution in [-0.4, -0.2) is 31.3 Å². The Morgan fingerprint density at radius 1 is 1.29 bits per heavy atom. The van der Waals surface area contributed by atoms with Crippen molar-refractivity contribution in [3.63, 3.8) is 0 Å². The van der Waals surface area contributed by atoms with E-state index in [0.29, 0.717) is 0 Å². The van der Waals surface area contributed by atoms with E-state index in [-0.39, 0.29) is 0 Å². The lowest BCUT2D eigenvalue weighted by atomic mass is 10.3. The number of aromatic nitrogens is 5. The number of rotatable bonds is 7. The summed E-state index contributed by atoms with van der Waals surface area (Å²) in [5, 5.41) is 10.1. The van der Waals surface area contributed by atoms with Crippen LogP contribution in [0.1, 0.15) is 25.0 Å². The van der Waals surface area contributed by atoms with Crippen molar-refractivity contribution in [2.24, 2.45) is 0 Å². The lowest BCUT2D eigenvalue weighted by Crippen LogP contribution is -2.20. The third-order valence-corrected chi connectivity index (χ3v) is 3.47. The lowest BCUT2D eigenvalue weighted by molar-refractivity contribution is 0.594. The Morgan fingerprint density at radius 3 is 3.00 bits per heavy atom. The maximum absolute atomic E-state index is 4.73. The summed E-state index contributed by atoms with van der Waals surface area (Å²) in [7, 11) is 0. The van der Waals surface area contributed by atoms with Crippen LogP contribution in [-0.2, 0) is 19.5 Å². The lowest BCUT2D eigenvalue weighted by Gasteiger charge is -2.08. The Hall–Kier alpha value is -2.21. The van der Waals surface area contributed by atoms with Gasteiger partial charge >= 0.3 is 0 Å². The van der Waals surface area contributed by atoms with E-state index in [1.807, 2.05) is 6.07 Å². The Morgan fingerprint density at radius 2 is 2.19 bits per heavy atom. The molecule has 0 saturated heterocycles. The van der Waals surface area contributed by atoms with Gasteiger partial charge < -0.3 is 9.88 Å². The first-order valence-electron chi connectivity index (χ1n) is 7.37. The first-order valence-corrected chi connectivity index (χ1v) is 7.37. The highest BCUT2D eigenvalue weighted by molar-refractivity contribution is 5.75. The number of hydrogen-bond acceptors (Lipinski definition) is 4. The second-order valence-electron chi connectivity index (χ2n) is 5.03. The van der Waals surface area contributed by atoms with Crippen LogP contribution in [0.4, 0.5) is 0 Å². The number of nitrogens with one attached hydrogen (secondary N) is 2. The number of benzene rings is 1. The number of H-pyrrole nitrogens is 1. The first kappa shape index (κ1) is 13.8. The fourth-order valence-electron chi connectivity index (χ4n) is 2.49. The standard InChI is InChI=1S/C15H20N6/c1-2-9-21-13-6-4-3-5-12(13)19-15(21)10-16-8-7-14-17-11-18-20-14/h3-6,11,16H,2,7-10H2,1H3,(H,17,18,20). The molecule has 0 aliphatic rings. The Bertz CT molecular complexity index is 685. The van der Waals surface area contributed by atoms with Crippen molar-refractivity contribution in [2.75, 3.05) is 6.54 Å². The third kappa shape index (κ3) is 3.11. The minimum Gasteiger partial charge on any atom is -0.327 e. The fraction of sp³-hybridized carbons (Fsp3) is 0.400. The number of hydrogen-bond donors (Lipinski definition) is 2. The minimum absolute atomic E-state index is 0.767. The molecule has 0 aliphatic carbocycles. The first-order chi connectivity index (χ1) is 10.4. The summed E-state index contributed by atoms with van der Waals surface area (Å²) >= 11 is 0. The molecule has 2 heterocycles. The summed E-state index contributed by atoms with van der Waals surface area (Å²) in [6.07, 6.45) is 3.48. The second kappa shape index (κ2) is 6.49. The predicted octanol–water partition coefficient (Wildman–Crippen LogP) is 1.90. The summed E-state index contributed by atoms with van der Waals surface area (Å²) < 4.78 is 2.30. The van der Waals surface area contributed by atoms with Crippen LogP contribution in [0.25, 0.3) is 11.0 Å². The maximum Gasteiger partial charge on any atom is 0.137 e. The van der Waals surface area contributed by atoms with Gasteiger partial charge in [-0.15, -0.1) is 0 Å². The number of aromatic amines is 1. The molecule has 110 valence electrons. The molecule has 1 aromatic carbocycles. The van der Waals surface area contributed by atoms with Crippen molar-refractivity contribution < 1.29 is 0 Å². The van der Waals surface area contributed by atoms with Crippen LogP contribution in [0.5, 0.6) is 0 Å². The summed E-state index contributed by atoms with van der Waals surface area (Å²) in [5.41, 5.74) is 2.28. The van der Waals surface area contributed by atoms with Crippen LogP contribution in [0.3, 0.4) is 0 Å². The van der Waals surface area contributed by atoms with Crippen LogP contribution in [0, 0.1) is 0 Å². The van der Waals surface area contributed by atoms with Gasteiger partial charge in [-0.2, -0.15) is 5.10 Å². The van der Waals surface area contributed by atoms with Gasteiger partial charge in [0.1, 0.15) is 18.0 Å². The van der Waals surface area contributed by atoms with Gasteiger partial charge in [0, 0.05) is 19.5 Å². The third-order valence-electron chi connectivity index (χ3n) is 3.47. The number of para-hydroxylation sites is 2. The van der Waals surface area contributed by atoms with Gasteiger partial charge in [0.15, 0.2) is 0 Å². The zero-order valence-electron chi connectivity index (χ0n) is 12.2. The van der Waals surface area contributed by atoms with E-state index in [4.69, 9.17) is 4.98 Å². The number of fused-ring (bicyclic) bond motifs is 1. The molecule has 21 heavy (non-hydrogen) atoms. The molecule has 0 amide bonds. The number of imidazole rings is 1. The topological polar surface area (TPSA) is 71.4 Å². The van der Waals surface area contributed by atoms with Crippen molar-refractivity contribution >= 4 is 11.0 Å². The van der Waals surface area contributed by atoms with Gasteiger partial charge in [0.2, 0.25) is 0 Å². The van der Waals surface area contributed by atoms with Crippen LogP contribution >= 0.6 is 0 Å². The van der Waals surface area contributed by atoms with Gasteiger partial charge in [-0.05, 0) is 18.6 Å². The molecule has 3 rings (SSSR count). The average molecular weight is 284 g/mol. The van der Waals surface area contributed by atoms with Crippen molar-refractivity contribution in [3.05, 3.63) is 42.2 Å². The van der Waals surface area contributed by atoms with E-state index >= 15 is 0 Å². The monoisotopic (exact) mass is 284 g/mol. The molecule has 0 spiro atoms. The SMILES string of the molecule is CCCn1c(CNCCc2ncn[nH]2)nc2ccccc21. The van der Waals surface area contributed by atoms with E-state index in [1.54, 1.807) is 0 Å². The van der Waals surface area contributed by atoms with Gasteiger partial charge in [-0.25, -0.2) is 9.97 Å². The quantitative estimate of drug-likeness (QED) is 0.650. The summed E-state index contributed by atoms with van der Waals surface area (Å²) in [5.74, 6) is 2.00. The molecule has 2 N–H and O–H groups in total. The zero-order valence-corrected chi connectivity index (χ0v) is 12.2. The van der Waals surface area contributed by atoms with Gasteiger partial charge in [0.25, 0.3) is 0 Å². The summed E-state index contributed by atoms with van der Waals surface area (Å²) in [6.45, 7) is 4.81. The summed E-state index contributed by atoms with van der Waals surface area (Å²) in [4.78, 5) is 8.85. The van der Waals surface area contributed by atoms with E-state index in [9.17, 15) is 0 Å². The molecule has 6 heteroatoms. The van der Waals surface area contributed by atoms with E-state index < -0.39 is 0 Å². The highest BCUT2D eigenvalue weighted by Crippen LogP contribution is 2.16. The Kier molecular flexibility index (Phi) is 4.25. The Balaban J connectivity index is 1.66. The highest BCUT2D eigenvalue weighted by Gasteiger charge is 2.09. The molecular weight excluding hydrogens is 264 g/mol. The van der Waals surface area contributed by atoms with E-state index in [0.717, 1.165) is 49.6 Å². The van der Waals surface area contributed by atoms with Crippen LogP contribution < -0.4 is 5.32 Å². The highest BCUT2D eigenvalue weighted by atomic mass is 15.2. The molecule has 3 aromatic rings. The molecule has 0 aliphatic heterocycles. The molecule has 6 nitrogen and oxygen atoms in total. The molecule has 0 radical (unpaired) electrons. The van der Waals surface area contributed by atoms with E-state index in [2.05, 4.69) is 50.2 Å². The smallest absolute Gasteiger partial charge is 0.137 e. The number of aryl methyl sites for hydroxylation is 1. The molecular formula is C15H20N6. The van der Waals surface area contributed by atoms with Crippen LogP contribution in [0.15, 0.2) is 30.6 Å². The predicted molar refractivity (Wildman–Crippen MR) is 81.8 cm³/mol. The van der Waals surface area contributed by atoms with Crippen molar-refractivity contribution in [3.8, 4) is 0 Å². The van der Waals surface area contributed by atoms with Gasteiger partial charge in [-0.3, -0.25) is 5.10 Å².